The van der Waals surface area contributed by atoms with Gasteiger partial charge < -0.3 is 25.3 Å². The van der Waals surface area contributed by atoms with Gasteiger partial charge in [-0.15, -0.1) is 0 Å². The van der Waals surface area contributed by atoms with E-state index in [0.717, 1.165) is 0 Å². The van der Waals surface area contributed by atoms with Crippen LogP contribution in [0, 0.1) is 0 Å². The number of hydrogen-bond acceptors (Lipinski definition) is 5. The predicted molar refractivity (Wildman–Crippen MR) is 19.7 cm³/mol. The van der Waals surface area contributed by atoms with Gasteiger partial charge in [-0.2, -0.15) is 0 Å². The standard InChI is InChI=1S/Fe.H3N.H4O4Si/c;;1-5(2,3)4/h;1H3;1-4H. The Morgan fingerprint density at radius 2 is 0.857 bits per heavy atom. The molecule has 0 aromatic carbocycles. The smallest absolute Gasteiger partial charge is 0.368 e. The SMILES string of the molecule is N.O[Si](O)(O)O.[Fe]. The van der Waals surface area contributed by atoms with Gasteiger partial charge in [0.15, 0.2) is 0 Å². The fourth-order valence-electron chi connectivity index (χ4n) is 0. The Morgan fingerprint density at radius 1 is 0.857 bits per heavy atom. The van der Waals surface area contributed by atoms with Gasteiger partial charge in [0.05, 0.1) is 0 Å². The average Bonchev–Trinajstić information content (AvgIpc) is 0.722. The first kappa shape index (κ1) is 15.6. The number of hydrogen-bond donors (Lipinski definition) is 5. The molecule has 0 radical (unpaired) electrons. The molecule has 0 spiro atoms. The second-order valence-electron chi connectivity index (χ2n) is 0.600. The molecular weight excluding hydrogens is 162 g/mol. The van der Waals surface area contributed by atoms with E-state index in [1.807, 2.05) is 0 Å². The Kier molecular flexibility index (Phi) is 10.5. The van der Waals surface area contributed by atoms with Gasteiger partial charge in [-0.1, -0.05) is 0 Å². The minimum absolute atomic E-state index is 0. The van der Waals surface area contributed by atoms with Gasteiger partial charge in [0.25, 0.3) is 0 Å². The molecule has 0 saturated carbocycles. The van der Waals surface area contributed by atoms with Crippen LogP contribution in [0.1, 0.15) is 0 Å². The molecule has 0 amide bonds. The summed E-state index contributed by atoms with van der Waals surface area (Å²) in [5.41, 5.74) is 0. The summed E-state index contributed by atoms with van der Waals surface area (Å²) in [6, 6.07) is 0. The molecule has 5 nitrogen and oxygen atoms in total. The summed E-state index contributed by atoms with van der Waals surface area (Å²) in [4.78, 5) is 29.3. The monoisotopic (exact) mass is 169 g/mol. The van der Waals surface area contributed by atoms with Crippen LogP contribution in [0.4, 0.5) is 0 Å². The van der Waals surface area contributed by atoms with Gasteiger partial charge in [-0.3, -0.25) is 0 Å². The zero-order valence-corrected chi connectivity index (χ0v) is 5.45. The van der Waals surface area contributed by atoms with Gasteiger partial charge in [0, 0.05) is 17.1 Å². The largest absolute Gasteiger partial charge is 0.668 e. The van der Waals surface area contributed by atoms with Crippen molar-refractivity contribution < 1.29 is 36.3 Å². The van der Waals surface area contributed by atoms with Crippen LogP contribution in [0.3, 0.4) is 0 Å². The first-order valence-electron chi connectivity index (χ1n) is 0.894. The van der Waals surface area contributed by atoms with Crippen molar-refractivity contribution in [2.45, 2.75) is 0 Å². The Balaban J connectivity index is -0.0000000800. The Morgan fingerprint density at radius 3 is 0.857 bits per heavy atom. The fourth-order valence-corrected chi connectivity index (χ4v) is 0. The van der Waals surface area contributed by atoms with Gasteiger partial charge in [-0.25, -0.2) is 0 Å². The first-order valence-corrected chi connectivity index (χ1v) is 2.68. The number of rotatable bonds is 0. The minimum Gasteiger partial charge on any atom is -0.368 e. The van der Waals surface area contributed by atoms with Crippen molar-refractivity contribution in [3.63, 3.8) is 0 Å². The minimum atomic E-state index is -4.61. The van der Waals surface area contributed by atoms with Gasteiger partial charge >= 0.3 is 9.05 Å². The molecule has 7 heavy (non-hydrogen) atoms. The van der Waals surface area contributed by atoms with Crippen LogP contribution in [-0.2, 0) is 17.1 Å². The summed E-state index contributed by atoms with van der Waals surface area (Å²) in [5.74, 6) is 0. The van der Waals surface area contributed by atoms with E-state index in [4.69, 9.17) is 19.2 Å². The molecule has 0 rings (SSSR count). The van der Waals surface area contributed by atoms with Crippen LogP contribution in [0.5, 0.6) is 0 Å². The first-order chi connectivity index (χ1) is 2.00. The van der Waals surface area contributed by atoms with E-state index in [1.165, 1.54) is 0 Å². The van der Waals surface area contributed by atoms with Gasteiger partial charge in [0.2, 0.25) is 0 Å². The molecule has 0 aliphatic carbocycles. The van der Waals surface area contributed by atoms with Crippen LogP contribution in [0.25, 0.3) is 0 Å². The molecule has 0 bridgehead atoms. The van der Waals surface area contributed by atoms with Crippen LogP contribution in [0.2, 0.25) is 0 Å². The maximum Gasteiger partial charge on any atom is 0.668 e. The van der Waals surface area contributed by atoms with Crippen LogP contribution < -0.4 is 6.15 Å². The van der Waals surface area contributed by atoms with Crippen molar-refractivity contribution in [1.82, 2.24) is 6.15 Å². The zero-order chi connectivity index (χ0) is 4.50. The van der Waals surface area contributed by atoms with Gasteiger partial charge in [-0.05, 0) is 0 Å². The normalized spacial score (nSPS) is 8.57. The second kappa shape index (κ2) is 4.69. The topological polar surface area (TPSA) is 116 Å². The predicted octanol–water partition coefficient (Wildman–Crippen LogP) is -2.45. The maximum absolute atomic E-state index is 7.33. The van der Waals surface area contributed by atoms with Crippen molar-refractivity contribution in [1.29, 1.82) is 0 Å². The molecular formula is H7FeNO4Si. The van der Waals surface area contributed by atoms with Gasteiger partial charge in [0.1, 0.15) is 0 Å². The summed E-state index contributed by atoms with van der Waals surface area (Å²) in [6.07, 6.45) is 0. The molecule has 7 N–H and O–H groups in total. The molecule has 0 atom stereocenters. The van der Waals surface area contributed by atoms with E-state index in [1.54, 1.807) is 0 Å². The fraction of sp³-hybridized carbons (Fsp3) is 0. The van der Waals surface area contributed by atoms with E-state index >= 15 is 0 Å². The molecule has 0 unspecified atom stereocenters. The second-order valence-corrected chi connectivity index (χ2v) is 1.80. The van der Waals surface area contributed by atoms with Crippen molar-refractivity contribution >= 4 is 9.05 Å². The van der Waals surface area contributed by atoms with E-state index in [9.17, 15) is 0 Å². The molecule has 0 fully saturated rings. The summed E-state index contributed by atoms with van der Waals surface area (Å²) in [7, 11) is -4.61. The Hall–Kier alpha value is 0.536. The van der Waals surface area contributed by atoms with Crippen LogP contribution in [-0.4, -0.2) is 28.2 Å². The summed E-state index contributed by atoms with van der Waals surface area (Å²) in [5, 5.41) is 0. The van der Waals surface area contributed by atoms with Crippen molar-refractivity contribution in [2.24, 2.45) is 0 Å². The van der Waals surface area contributed by atoms with Crippen LogP contribution >= 0.6 is 0 Å². The Labute approximate surface area is 52.2 Å². The molecule has 0 heterocycles. The molecule has 0 aromatic rings. The average molecular weight is 169 g/mol. The summed E-state index contributed by atoms with van der Waals surface area (Å²) < 4.78 is 0. The summed E-state index contributed by atoms with van der Waals surface area (Å²) in [6.45, 7) is 0. The molecule has 0 aliphatic heterocycles. The molecule has 0 aromatic heterocycles. The molecule has 0 aliphatic rings. The third kappa shape index (κ3) is 468. The van der Waals surface area contributed by atoms with E-state index in [0.29, 0.717) is 0 Å². The van der Waals surface area contributed by atoms with Crippen molar-refractivity contribution in [2.75, 3.05) is 0 Å². The van der Waals surface area contributed by atoms with Crippen molar-refractivity contribution in [3.8, 4) is 0 Å². The van der Waals surface area contributed by atoms with E-state index in [2.05, 4.69) is 0 Å². The Bertz CT molecular complexity index is 27.2. The quantitative estimate of drug-likeness (QED) is 0.258. The third-order valence-electron chi connectivity index (χ3n) is 0. The van der Waals surface area contributed by atoms with Crippen LogP contribution in [0.15, 0.2) is 0 Å². The molecule has 7 heteroatoms. The third-order valence-corrected chi connectivity index (χ3v) is 0. The van der Waals surface area contributed by atoms with Crippen molar-refractivity contribution in [3.05, 3.63) is 0 Å². The molecule has 0 saturated heterocycles. The zero-order valence-electron chi connectivity index (χ0n) is 3.35. The summed E-state index contributed by atoms with van der Waals surface area (Å²) >= 11 is 0. The van der Waals surface area contributed by atoms with E-state index < -0.39 is 9.05 Å². The molecule has 48 valence electrons. The van der Waals surface area contributed by atoms with E-state index in [-0.39, 0.29) is 23.2 Å². The maximum atomic E-state index is 7.33.